The lowest BCUT2D eigenvalue weighted by atomic mass is 10.2. The highest BCUT2D eigenvalue weighted by Gasteiger charge is 2.31. The maximum Gasteiger partial charge on any atom is 0.266 e. The number of carbonyl (C=O) groups is 1. The molecule has 2 aromatic rings. The number of hydrogen-bond acceptors (Lipinski definition) is 6. The van der Waals surface area contributed by atoms with E-state index in [1.54, 1.807) is 13.2 Å². The Labute approximate surface area is 179 Å². The van der Waals surface area contributed by atoms with Crippen molar-refractivity contribution in [2.75, 3.05) is 26.9 Å². The molecule has 1 aliphatic rings. The highest BCUT2D eigenvalue weighted by molar-refractivity contribution is 8.26. The fourth-order valence-electron chi connectivity index (χ4n) is 2.64. The molecule has 0 bridgehead atoms. The molecule has 0 aliphatic carbocycles. The van der Waals surface area contributed by atoms with Crippen LogP contribution in [0.15, 0.2) is 66.1 Å². The zero-order valence-corrected chi connectivity index (χ0v) is 17.6. The molecule has 1 amide bonds. The first-order chi connectivity index (χ1) is 14.1. The average Bonchev–Trinajstić information content (AvgIpc) is 3.00. The number of rotatable bonds is 9. The third-order valence-corrected chi connectivity index (χ3v) is 5.44. The van der Waals surface area contributed by atoms with Gasteiger partial charge in [-0.2, -0.15) is 0 Å². The number of benzene rings is 2. The fraction of sp³-hybridized carbons (Fsp3) is 0.182. The molecule has 1 saturated heterocycles. The maximum atomic E-state index is 12.5. The van der Waals surface area contributed by atoms with E-state index in [0.29, 0.717) is 34.7 Å². The van der Waals surface area contributed by atoms with Crippen LogP contribution in [0.1, 0.15) is 5.56 Å². The van der Waals surface area contributed by atoms with Gasteiger partial charge in [0, 0.05) is 12.1 Å². The van der Waals surface area contributed by atoms with E-state index in [2.05, 4.69) is 6.58 Å². The molecule has 0 unspecified atom stereocenters. The number of thioether (sulfide) groups is 1. The van der Waals surface area contributed by atoms with Crippen LogP contribution in [-0.2, 0) is 4.79 Å². The summed E-state index contributed by atoms with van der Waals surface area (Å²) < 4.78 is 17.2. The van der Waals surface area contributed by atoms with Crippen molar-refractivity contribution < 1.29 is 19.0 Å². The van der Waals surface area contributed by atoms with Crippen molar-refractivity contribution in [1.82, 2.24) is 4.90 Å². The minimum atomic E-state index is -0.113. The molecule has 1 heterocycles. The van der Waals surface area contributed by atoms with Crippen LogP contribution in [0.4, 0.5) is 0 Å². The van der Waals surface area contributed by atoms with E-state index in [4.69, 9.17) is 26.4 Å². The quantitative estimate of drug-likeness (QED) is 0.253. The molecule has 1 aliphatic heterocycles. The SMILES string of the molecule is C=CCN1C(=O)C(=Cc2ccccc2OCCOc2ccc(OC)cc2)SC1=S. The molecule has 0 aromatic heterocycles. The van der Waals surface area contributed by atoms with Gasteiger partial charge in [-0.05, 0) is 36.4 Å². The lowest BCUT2D eigenvalue weighted by Gasteiger charge is -2.11. The second-order valence-corrected chi connectivity index (χ2v) is 7.67. The van der Waals surface area contributed by atoms with Crippen molar-refractivity contribution in [3.05, 3.63) is 71.7 Å². The molecule has 0 atom stereocenters. The standard InChI is InChI=1S/C22H21NO4S2/c1-3-12-23-21(24)20(29-22(23)28)15-16-6-4-5-7-19(16)27-14-13-26-18-10-8-17(25-2)9-11-18/h3-11,15H,1,12-14H2,2H3. The number of para-hydroxylation sites is 1. The first kappa shape index (κ1) is 21.0. The molecule has 150 valence electrons. The summed E-state index contributed by atoms with van der Waals surface area (Å²) in [5, 5.41) is 0. The second-order valence-electron chi connectivity index (χ2n) is 5.99. The molecule has 0 N–H and O–H groups in total. The van der Waals surface area contributed by atoms with Crippen molar-refractivity contribution >= 4 is 40.3 Å². The van der Waals surface area contributed by atoms with Gasteiger partial charge >= 0.3 is 0 Å². The van der Waals surface area contributed by atoms with E-state index in [1.165, 1.54) is 16.7 Å². The van der Waals surface area contributed by atoms with Gasteiger partial charge < -0.3 is 14.2 Å². The summed E-state index contributed by atoms with van der Waals surface area (Å²) in [5.74, 6) is 2.09. The van der Waals surface area contributed by atoms with Crippen LogP contribution in [0.25, 0.3) is 6.08 Å². The Morgan fingerprint density at radius 1 is 1.07 bits per heavy atom. The van der Waals surface area contributed by atoms with Gasteiger partial charge in [-0.1, -0.05) is 48.3 Å². The van der Waals surface area contributed by atoms with Crippen LogP contribution in [-0.4, -0.2) is 42.0 Å². The van der Waals surface area contributed by atoms with E-state index in [0.717, 1.165) is 17.1 Å². The van der Waals surface area contributed by atoms with Gasteiger partial charge in [0.15, 0.2) is 0 Å². The smallest absolute Gasteiger partial charge is 0.266 e. The summed E-state index contributed by atoms with van der Waals surface area (Å²) >= 11 is 6.57. The molecule has 0 spiro atoms. The third-order valence-electron chi connectivity index (χ3n) is 4.06. The van der Waals surface area contributed by atoms with Gasteiger partial charge in [-0.15, -0.1) is 6.58 Å². The van der Waals surface area contributed by atoms with Crippen molar-refractivity contribution in [1.29, 1.82) is 0 Å². The van der Waals surface area contributed by atoms with Gasteiger partial charge in [0.25, 0.3) is 5.91 Å². The number of ether oxygens (including phenoxy) is 3. The van der Waals surface area contributed by atoms with Crippen LogP contribution < -0.4 is 14.2 Å². The van der Waals surface area contributed by atoms with Gasteiger partial charge in [0.05, 0.1) is 12.0 Å². The molecular formula is C22H21NO4S2. The van der Waals surface area contributed by atoms with Crippen LogP contribution in [0.2, 0.25) is 0 Å². The van der Waals surface area contributed by atoms with E-state index in [-0.39, 0.29) is 5.91 Å². The Morgan fingerprint density at radius 2 is 1.76 bits per heavy atom. The lowest BCUT2D eigenvalue weighted by molar-refractivity contribution is -0.121. The van der Waals surface area contributed by atoms with Crippen molar-refractivity contribution in [2.24, 2.45) is 0 Å². The Hall–Kier alpha value is -2.77. The van der Waals surface area contributed by atoms with Gasteiger partial charge in [0.1, 0.15) is 34.8 Å². The predicted octanol–water partition coefficient (Wildman–Crippen LogP) is 4.54. The third kappa shape index (κ3) is 5.40. The van der Waals surface area contributed by atoms with Crippen LogP contribution >= 0.6 is 24.0 Å². The molecule has 29 heavy (non-hydrogen) atoms. The molecule has 7 heteroatoms. The summed E-state index contributed by atoms with van der Waals surface area (Å²) in [7, 11) is 1.62. The Kier molecular flexibility index (Phi) is 7.32. The lowest BCUT2D eigenvalue weighted by Crippen LogP contribution is -2.27. The number of nitrogens with zero attached hydrogens (tertiary/aromatic N) is 1. The topological polar surface area (TPSA) is 48.0 Å². The largest absolute Gasteiger partial charge is 0.497 e. The second kappa shape index (κ2) is 10.1. The van der Waals surface area contributed by atoms with Crippen LogP contribution in [0.5, 0.6) is 17.2 Å². The van der Waals surface area contributed by atoms with Gasteiger partial charge in [-0.3, -0.25) is 9.69 Å². The predicted molar refractivity (Wildman–Crippen MR) is 121 cm³/mol. The van der Waals surface area contributed by atoms with E-state index in [1.807, 2.05) is 54.6 Å². The fourth-order valence-corrected chi connectivity index (χ4v) is 3.91. The van der Waals surface area contributed by atoms with Crippen LogP contribution in [0.3, 0.4) is 0 Å². The first-order valence-corrected chi connectivity index (χ1v) is 10.2. The summed E-state index contributed by atoms with van der Waals surface area (Å²) in [6.07, 6.45) is 3.47. The van der Waals surface area contributed by atoms with E-state index in [9.17, 15) is 4.79 Å². The minimum absolute atomic E-state index is 0.113. The van der Waals surface area contributed by atoms with Crippen molar-refractivity contribution in [3.8, 4) is 17.2 Å². The first-order valence-electron chi connectivity index (χ1n) is 8.97. The van der Waals surface area contributed by atoms with E-state index >= 15 is 0 Å². The monoisotopic (exact) mass is 427 g/mol. The van der Waals surface area contributed by atoms with Crippen molar-refractivity contribution in [3.63, 3.8) is 0 Å². The summed E-state index contributed by atoms with van der Waals surface area (Å²) in [6.45, 7) is 4.83. The zero-order chi connectivity index (χ0) is 20.6. The number of amides is 1. The summed E-state index contributed by atoms with van der Waals surface area (Å²) in [5.41, 5.74) is 0.816. The number of thiocarbonyl (C=S) groups is 1. The highest BCUT2D eigenvalue weighted by atomic mass is 32.2. The summed E-state index contributed by atoms with van der Waals surface area (Å²) in [6, 6.07) is 14.9. The molecule has 3 rings (SSSR count). The van der Waals surface area contributed by atoms with Crippen molar-refractivity contribution in [2.45, 2.75) is 0 Å². The van der Waals surface area contributed by atoms with Gasteiger partial charge in [-0.25, -0.2) is 0 Å². The Morgan fingerprint density at radius 3 is 2.48 bits per heavy atom. The minimum Gasteiger partial charge on any atom is -0.497 e. The normalized spacial score (nSPS) is 14.9. The van der Waals surface area contributed by atoms with E-state index < -0.39 is 0 Å². The zero-order valence-electron chi connectivity index (χ0n) is 16.0. The maximum absolute atomic E-state index is 12.5. The molecule has 5 nitrogen and oxygen atoms in total. The molecule has 2 aromatic carbocycles. The molecule has 1 fully saturated rings. The Balaban J connectivity index is 1.61. The summed E-state index contributed by atoms with van der Waals surface area (Å²) in [4.78, 5) is 14.6. The molecule has 0 saturated carbocycles. The highest BCUT2D eigenvalue weighted by Crippen LogP contribution is 2.34. The number of carbonyl (C=O) groups excluding carboxylic acids is 1. The average molecular weight is 428 g/mol. The molecular weight excluding hydrogens is 406 g/mol. The molecule has 0 radical (unpaired) electrons. The van der Waals surface area contributed by atoms with Gasteiger partial charge in [0.2, 0.25) is 0 Å². The number of hydrogen-bond donors (Lipinski definition) is 0. The van der Waals surface area contributed by atoms with Crippen LogP contribution in [0, 0.1) is 0 Å². The number of methoxy groups -OCH3 is 1. The Bertz CT molecular complexity index is 925.